The van der Waals surface area contributed by atoms with Crippen LogP contribution >= 0.6 is 0 Å². The summed E-state index contributed by atoms with van der Waals surface area (Å²) in [5.74, 6) is -0.517. The van der Waals surface area contributed by atoms with Gasteiger partial charge in [-0.1, -0.05) is 6.07 Å². The number of aromatic hydroxyl groups is 1. The lowest BCUT2D eigenvalue weighted by Gasteiger charge is -2.13. The van der Waals surface area contributed by atoms with Crippen molar-refractivity contribution in [3.05, 3.63) is 52.8 Å². The zero-order valence-electron chi connectivity index (χ0n) is 11.9. The number of halogens is 1. The van der Waals surface area contributed by atoms with Crippen molar-refractivity contribution in [3.63, 3.8) is 0 Å². The molecule has 0 bridgehead atoms. The quantitative estimate of drug-likeness (QED) is 0.855. The van der Waals surface area contributed by atoms with E-state index >= 15 is 0 Å². The number of aryl methyl sites for hydroxylation is 3. The van der Waals surface area contributed by atoms with Crippen LogP contribution < -0.4 is 4.72 Å². The fourth-order valence-electron chi connectivity index (χ4n) is 1.97. The van der Waals surface area contributed by atoms with E-state index in [0.29, 0.717) is 22.4 Å². The van der Waals surface area contributed by atoms with Crippen molar-refractivity contribution < 1.29 is 17.9 Å². The van der Waals surface area contributed by atoms with Crippen molar-refractivity contribution in [1.82, 2.24) is 0 Å². The molecule has 0 atom stereocenters. The van der Waals surface area contributed by atoms with Crippen LogP contribution in [0.3, 0.4) is 0 Å². The first-order valence-electron chi connectivity index (χ1n) is 6.30. The molecular weight excluding hydrogens is 293 g/mol. The van der Waals surface area contributed by atoms with Crippen LogP contribution in [0.5, 0.6) is 5.75 Å². The number of hydrogen-bond acceptors (Lipinski definition) is 3. The van der Waals surface area contributed by atoms with Gasteiger partial charge in [-0.2, -0.15) is 0 Å². The van der Waals surface area contributed by atoms with Crippen molar-refractivity contribution in [1.29, 1.82) is 0 Å². The van der Waals surface area contributed by atoms with Gasteiger partial charge in [0.2, 0.25) is 0 Å². The fraction of sp³-hybridized carbons (Fsp3) is 0.200. The Labute approximate surface area is 123 Å². The molecule has 0 spiro atoms. The first kappa shape index (κ1) is 15.3. The molecule has 0 aliphatic rings. The maximum absolute atomic E-state index is 13.3. The van der Waals surface area contributed by atoms with E-state index in [2.05, 4.69) is 4.72 Å². The summed E-state index contributed by atoms with van der Waals surface area (Å²) in [6, 6.07) is 6.63. The number of phenols is 1. The number of benzene rings is 2. The van der Waals surface area contributed by atoms with E-state index in [1.165, 1.54) is 24.3 Å². The van der Waals surface area contributed by atoms with Gasteiger partial charge in [0.05, 0.1) is 10.6 Å². The summed E-state index contributed by atoms with van der Waals surface area (Å²) >= 11 is 0. The Morgan fingerprint density at radius 3 is 2.33 bits per heavy atom. The largest absolute Gasteiger partial charge is 0.508 e. The highest BCUT2D eigenvalue weighted by Crippen LogP contribution is 2.27. The molecule has 21 heavy (non-hydrogen) atoms. The molecule has 0 aliphatic heterocycles. The Morgan fingerprint density at radius 1 is 1.00 bits per heavy atom. The van der Waals surface area contributed by atoms with E-state index in [1.807, 2.05) is 0 Å². The Balaban J connectivity index is 2.47. The molecule has 0 aromatic heterocycles. The molecule has 0 unspecified atom stereocenters. The van der Waals surface area contributed by atoms with Crippen LogP contribution in [0.4, 0.5) is 10.1 Å². The van der Waals surface area contributed by atoms with Crippen LogP contribution in [0.1, 0.15) is 16.7 Å². The van der Waals surface area contributed by atoms with Crippen molar-refractivity contribution in [3.8, 4) is 5.75 Å². The molecule has 0 heterocycles. The average Bonchev–Trinajstić information content (AvgIpc) is 2.38. The van der Waals surface area contributed by atoms with Crippen LogP contribution in [0.25, 0.3) is 0 Å². The molecule has 4 nitrogen and oxygen atoms in total. The number of rotatable bonds is 3. The second kappa shape index (κ2) is 5.37. The van der Waals surface area contributed by atoms with Crippen LogP contribution in [0, 0.1) is 26.6 Å². The van der Waals surface area contributed by atoms with Crippen LogP contribution in [0.2, 0.25) is 0 Å². The van der Waals surface area contributed by atoms with E-state index in [-0.39, 0.29) is 10.6 Å². The number of anilines is 1. The standard InChI is InChI=1S/C15H16FNO3S/c1-9-4-5-12(16)8-15(9)21(19,20)17-13-6-11(3)14(18)7-10(13)2/h4-8,17-18H,1-3H3. The summed E-state index contributed by atoms with van der Waals surface area (Å²) in [5, 5.41) is 9.59. The zero-order valence-corrected chi connectivity index (χ0v) is 12.8. The second-order valence-electron chi connectivity index (χ2n) is 4.97. The molecule has 0 fully saturated rings. The van der Waals surface area contributed by atoms with Gasteiger partial charge < -0.3 is 5.11 Å². The maximum atomic E-state index is 13.3. The molecule has 0 saturated heterocycles. The van der Waals surface area contributed by atoms with Gasteiger partial charge >= 0.3 is 0 Å². The minimum atomic E-state index is -3.89. The van der Waals surface area contributed by atoms with Gasteiger partial charge in [-0.25, -0.2) is 12.8 Å². The minimum absolute atomic E-state index is 0.0948. The number of sulfonamides is 1. The first-order chi connectivity index (χ1) is 9.70. The van der Waals surface area contributed by atoms with Crippen molar-refractivity contribution in [2.24, 2.45) is 0 Å². The highest BCUT2D eigenvalue weighted by molar-refractivity contribution is 7.92. The molecule has 2 aromatic carbocycles. The van der Waals surface area contributed by atoms with E-state index in [1.54, 1.807) is 20.8 Å². The topological polar surface area (TPSA) is 66.4 Å². The average molecular weight is 309 g/mol. The van der Waals surface area contributed by atoms with Gasteiger partial charge in [0.15, 0.2) is 0 Å². The van der Waals surface area contributed by atoms with Crippen molar-refractivity contribution >= 4 is 15.7 Å². The Morgan fingerprint density at radius 2 is 1.67 bits per heavy atom. The summed E-state index contributed by atoms with van der Waals surface area (Å²) in [7, 11) is -3.89. The second-order valence-corrected chi connectivity index (χ2v) is 6.62. The van der Waals surface area contributed by atoms with Gasteiger partial charge in [0.1, 0.15) is 11.6 Å². The molecular formula is C15H16FNO3S. The summed E-state index contributed by atoms with van der Waals surface area (Å²) in [6.07, 6.45) is 0. The van der Waals surface area contributed by atoms with E-state index < -0.39 is 15.8 Å². The predicted octanol–water partition coefficient (Wildman–Crippen LogP) is 3.26. The lowest BCUT2D eigenvalue weighted by molar-refractivity contribution is 0.471. The van der Waals surface area contributed by atoms with Crippen LogP contribution in [-0.4, -0.2) is 13.5 Å². The minimum Gasteiger partial charge on any atom is -0.508 e. The Kier molecular flexibility index (Phi) is 3.91. The molecule has 112 valence electrons. The molecule has 6 heteroatoms. The summed E-state index contributed by atoms with van der Waals surface area (Å²) in [5.41, 5.74) is 1.94. The summed E-state index contributed by atoms with van der Waals surface area (Å²) in [6.45, 7) is 4.94. The molecule has 2 rings (SSSR count). The normalized spacial score (nSPS) is 11.4. The van der Waals surface area contributed by atoms with E-state index in [9.17, 15) is 17.9 Å². The molecule has 2 aromatic rings. The number of phenolic OH excluding ortho intramolecular Hbond substituents is 1. The molecule has 0 aliphatic carbocycles. The predicted molar refractivity (Wildman–Crippen MR) is 79.5 cm³/mol. The van der Waals surface area contributed by atoms with Gasteiger partial charge in [-0.05, 0) is 61.7 Å². The SMILES string of the molecule is Cc1cc(NS(=O)(=O)c2cc(F)ccc2C)c(C)cc1O. The van der Waals surface area contributed by atoms with Crippen LogP contribution in [-0.2, 0) is 10.0 Å². The van der Waals surface area contributed by atoms with Crippen molar-refractivity contribution in [2.75, 3.05) is 4.72 Å². The Bertz CT molecular complexity index is 801. The third-order valence-electron chi connectivity index (χ3n) is 3.23. The third kappa shape index (κ3) is 3.16. The fourth-order valence-corrected chi connectivity index (χ4v) is 3.35. The van der Waals surface area contributed by atoms with Crippen LogP contribution in [0.15, 0.2) is 35.2 Å². The van der Waals surface area contributed by atoms with Gasteiger partial charge in [0.25, 0.3) is 10.0 Å². The smallest absolute Gasteiger partial charge is 0.262 e. The van der Waals surface area contributed by atoms with Crippen molar-refractivity contribution in [2.45, 2.75) is 25.7 Å². The van der Waals surface area contributed by atoms with E-state index in [0.717, 1.165) is 6.07 Å². The highest BCUT2D eigenvalue weighted by atomic mass is 32.2. The maximum Gasteiger partial charge on any atom is 0.262 e. The first-order valence-corrected chi connectivity index (χ1v) is 7.78. The molecule has 0 amide bonds. The lowest BCUT2D eigenvalue weighted by atomic mass is 10.1. The molecule has 0 saturated carbocycles. The lowest BCUT2D eigenvalue weighted by Crippen LogP contribution is -2.15. The van der Waals surface area contributed by atoms with Gasteiger partial charge in [0, 0.05) is 0 Å². The highest BCUT2D eigenvalue weighted by Gasteiger charge is 2.19. The zero-order chi connectivity index (χ0) is 15.8. The summed E-state index contributed by atoms with van der Waals surface area (Å²) < 4.78 is 40.5. The number of nitrogens with one attached hydrogen (secondary N) is 1. The van der Waals surface area contributed by atoms with E-state index in [4.69, 9.17) is 0 Å². The third-order valence-corrected chi connectivity index (χ3v) is 4.73. The monoisotopic (exact) mass is 309 g/mol. The molecule has 0 radical (unpaired) electrons. The molecule has 2 N–H and O–H groups in total. The number of hydrogen-bond donors (Lipinski definition) is 2. The Hall–Kier alpha value is -2.08. The van der Waals surface area contributed by atoms with Gasteiger partial charge in [-0.15, -0.1) is 0 Å². The van der Waals surface area contributed by atoms with Gasteiger partial charge in [-0.3, -0.25) is 4.72 Å². The summed E-state index contributed by atoms with van der Waals surface area (Å²) in [4.78, 5) is -0.104.